The summed E-state index contributed by atoms with van der Waals surface area (Å²) < 4.78 is 0.702. The lowest BCUT2D eigenvalue weighted by Crippen LogP contribution is -2.55. The van der Waals surface area contributed by atoms with Crippen LogP contribution in [0.25, 0.3) is 0 Å². The summed E-state index contributed by atoms with van der Waals surface area (Å²) in [5.41, 5.74) is -0.0401. The number of anilines is 1. The predicted octanol–water partition coefficient (Wildman–Crippen LogP) is 1.05. The van der Waals surface area contributed by atoms with Gasteiger partial charge in [0.05, 0.1) is 6.33 Å². The summed E-state index contributed by atoms with van der Waals surface area (Å²) in [4.78, 5) is 23.5. The van der Waals surface area contributed by atoms with Crippen molar-refractivity contribution in [3.05, 3.63) is 20.3 Å². The normalized spacial score (nSPS) is 28.4. The van der Waals surface area contributed by atoms with Gasteiger partial charge in [-0.2, -0.15) is 0 Å². The average Bonchev–Trinajstić information content (AvgIpc) is 2.79. The van der Waals surface area contributed by atoms with Gasteiger partial charge in [-0.3, -0.25) is 9.69 Å². The van der Waals surface area contributed by atoms with Gasteiger partial charge in [-0.1, -0.05) is 0 Å². The van der Waals surface area contributed by atoms with E-state index < -0.39 is 0 Å². The number of halogens is 1. The molecule has 0 aromatic carbocycles. The fourth-order valence-corrected chi connectivity index (χ4v) is 3.66. The molecule has 5 nitrogen and oxygen atoms in total. The second-order valence-corrected chi connectivity index (χ2v) is 6.24. The lowest BCUT2D eigenvalue weighted by Gasteiger charge is -2.43. The highest BCUT2D eigenvalue weighted by Crippen LogP contribution is 2.28. The van der Waals surface area contributed by atoms with Gasteiger partial charge in [-0.25, -0.2) is 4.98 Å². The van der Waals surface area contributed by atoms with Crippen molar-refractivity contribution < 1.29 is 0 Å². The van der Waals surface area contributed by atoms with Crippen LogP contribution in [0.1, 0.15) is 19.8 Å². The van der Waals surface area contributed by atoms with Crippen LogP contribution in [-0.4, -0.2) is 46.6 Å². The van der Waals surface area contributed by atoms with E-state index in [0.29, 0.717) is 15.7 Å². The Balaban J connectivity index is 1.91. The predicted molar refractivity (Wildman–Crippen MR) is 79.0 cm³/mol. The summed E-state index contributed by atoms with van der Waals surface area (Å²) in [7, 11) is 0. The molecule has 2 aliphatic rings. The molecule has 0 bridgehead atoms. The molecule has 2 atom stereocenters. The number of aromatic amines is 1. The zero-order valence-corrected chi connectivity index (χ0v) is 12.6. The Morgan fingerprint density at radius 1 is 1.50 bits per heavy atom. The van der Waals surface area contributed by atoms with E-state index in [2.05, 4.69) is 49.3 Å². The fourth-order valence-electron chi connectivity index (χ4n) is 3.06. The molecule has 1 aromatic rings. The van der Waals surface area contributed by atoms with E-state index in [0.717, 1.165) is 18.9 Å². The minimum Gasteiger partial charge on any atom is -0.350 e. The summed E-state index contributed by atoms with van der Waals surface area (Å²) >= 11 is 2.10. The first-order chi connectivity index (χ1) is 8.66. The number of rotatable bonds is 1. The first-order valence-corrected chi connectivity index (χ1v) is 7.48. The highest BCUT2D eigenvalue weighted by atomic mass is 127. The number of nitrogens with zero attached hydrogens (tertiary/aromatic N) is 3. The van der Waals surface area contributed by atoms with Crippen LogP contribution in [0.15, 0.2) is 11.1 Å². The molecule has 0 saturated carbocycles. The maximum Gasteiger partial charge on any atom is 0.266 e. The maximum absolute atomic E-state index is 11.7. The highest BCUT2D eigenvalue weighted by molar-refractivity contribution is 14.1. The number of hydrogen-bond acceptors (Lipinski definition) is 4. The zero-order chi connectivity index (χ0) is 12.7. The molecule has 2 unspecified atom stereocenters. The molecule has 1 N–H and O–H groups in total. The van der Waals surface area contributed by atoms with E-state index in [-0.39, 0.29) is 5.56 Å². The molecular weight excluding hydrogens is 343 g/mol. The first-order valence-electron chi connectivity index (χ1n) is 6.40. The molecule has 0 spiro atoms. The van der Waals surface area contributed by atoms with Gasteiger partial charge < -0.3 is 9.88 Å². The molecule has 18 heavy (non-hydrogen) atoms. The average molecular weight is 360 g/mol. The second kappa shape index (κ2) is 4.80. The minimum atomic E-state index is -0.0401. The van der Waals surface area contributed by atoms with E-state index in [1.807, 2.05) is 0 Å². The maximum atomic E-state index is 11.7. The monoisotopic (exact) mass is 360 g/mol. The number of hydrogen-bond donors (Lipinski definition) is 1. The quantitative estimate of drug-likeness (QED) is 0.761. The summed E-state index contributed by atoms with van der Waals surface area (Å²) in [5.74, 6) is 0.846. The van der Waals surface area contributed by atoms with Crippen molar-refractivity contribution in [2.24, 2.45) is 0 Å². The van der Waals surface area contributed by atoms with Crippen LogP contribution in [0.3, 0.4) is 0 Å². The molecule has 0 amide bonds. The van der Waals surface area contributed by atoms with E-state index >= 15 is 0 Å². The molecule has 2 saturated heterocycles. The Hall–Kier alpha value is -0.630. The third-order valence-corrected chi connectivity index (χ3v) is 4.96. The van der Waals surface area contributed by atoms with E-state index in [9.17, 15) is 4.79 Å². The summed E-state index contributed by atoms with van der Waals surface area (Å²) in [6.07, 6.45) is 4.07. The van der Waals surface area contributed by atoms with Crippen LogP contribution in [0.4, 0.5) is 5.82 Å². The molecule has 0 radical (unpaired) electrons. The third-order valence-electron chi connectivity index (χ3n) is 3.99. The Morgan fingerprint density at radius 3 is 3.17 bits per heavy atom. The van der Waals surface area contributed by atoms with Crippen molar-refractivity contribution in [2.75, 3.05) is 24.5 Å². The smallest absolute Gasteiger partial charge is 0.266 e. The van der Waals surface area contributed by atoms with Crippen LogP contribution >= 0.6 is 22.6 Å². The third kappa shape index (κ3) is 2.05. The van der Waals surface area contributed by atoms with Crippen molar-refractivity contribution in [1.29, 1.82) is 0 Å². The van der Waals surface area contributed by atoms with Gasteiger partial charge in [0.1, 0.15) is 9.39 Å². The summed E-state index contributed by atoms with van der Waals surface area (Å²) in [6.45, 7) is 5.51. The van der Waals surface area contributed by atoms with Crippen molar-refractivity contribution in [1.82, 2.24) is 14.9 Å². The highest BCUT2D eigenvalue weighted by Gasteiger charge is 2.35. The van der Waals surface area contributed by atoms with E-state index in [4.69, 9.17) is 0 Å². The number of piperazine rings is 1. The van der Waals surface area contributed by atoms with Crippen LogP contribution in [-0.2, 0) is 0 Å². The van der Waals surface area contributed by atoms with E-state index in [1.54, 1.807) is 0 Å². The SMILES string of the molecule is CC1CN2CCCC2CN1c1nc[nH]c(=O)c1I. The van der Waals surface area contributed by atoms with Crippen LogP contribution in [0, 0.1) is 3.57 Å². The Kier molecular flexibility index (Phi) is 3.31. The zero-order valence-electron chi connectivity index (χ0n) is 10.4. The Morgan fingerprint density at radius 2 is 2.33 bits per heavy atom. The number of nitrogens with one attached hydrogen (secondary N) is 1. The number of fused-ring (bicyclic) bond motifs is 1. The first kappa shape index (κ1) is 12.4. The molecule has 3 heterocycles. The molecule has 6 heteroatoms. The Bertz CT molecular complexity index is 503. The molecule has 2 aliphatic heterocycles. The lowest BCUT2D eigenvalue weighted by atomic mass is 10.1. The standard InChI is InChI=1S/C12H17IN4O/c1-8-5-16-4-2-3-9(16)6-17(8)11-10(13)12(18)15-7-14-11/h7-9H,2-6H2,1H3,(H,14,15,18). The van der Waals surface area contributed by atoms with Crippen LogP contribution in [0.2, 0.25) is 0 Å². The van der Waals surface area contributed by atoms with E-state index in [1.165, 1.54) is 25.7 Å². The van der Waals surface area contributed by atoms with Gasteiger partial charge in [0.25, 0.3) is 5.56 Å². The van der Waals surface area contributed by atoms with Crippen molar-refractivity contribution in [3.8, 4) is 0 Å². The van der Waals surface area contributed by atoms with Crippen molar-refractivity contribution >= 4 is 28.4 Å². The lowest BCUT2D eigenvalue weighted by molar-refractivity contribution is 0.202. The summed E-state index contributed by atoms with van der Waals surface area (Å²) in [5, 5.41) is 0. The fraction of sp³-hybridized carbons (Fsp3) is 0.667. The molecular formula is C12H17IN4O. The molecule has 2 fully saturated rings. The van der Waals surface area contributed by atoms with Gasteiger partial charge in [0.2, 0.25) is 0 Å². The largest absolute Gasteiger partial charge is 0.350 e. The second-order valence-electron chi connectivity index (χ2n) is 5.16. The van der Waals surface area contributed by atoms with Gasteiger partial charge in [0, 0.05) is 25.2 Å². The topological polar surface area (TPSA) is 52.2 Å². The molecule has 3 rings (SSSR count). The molecule has 1 aromatic heterocycles. The van der Waals surface area contributed by atoms with Gasteiger partial charge in [-0.15, -0.1) is 0 Å². The van der Waals surface area contributed by atoms with Crippen LogP contribution in [0.5, 0.6) is 0 Å². The minimum absolute atomic E-state index is 0.0401. The molecule has 98 valence electrons. The van der Waals surface area contributed by atoms with Gasteiger partial charge in [0.15, 0.2) is 0 Å². The number of H-pyrrole nitrogens is 1. The molecule has 0 aliphatic carbocycles. The van der Waals surface area contributed by atoms with Gasteiger partial charge in [-0.05, 0) is 48.9 Å². The van der Waals surface area contributed by atoms with Crippen molar-refractivity contribution in [3.63, 3.8) is 0 Å². The Labute approximate surface area is 120 Å². The number of aromatic nitrogens is 2. The van der Waals surface area contributed by atoms with Crippen molar-refractivity contribution in [2.45, 2.75) is 31.8 Å². The van der Waals surface area contributed by atoms with Crippen LogP contribution < -0.4 is 10.5 Å². The summed E-state index contributed by atoms with van der Waals surface area (Å²) in [6, 6.07) is 1.06. The van der Waals surface area contributed by atoms with Gasteiger partial charge >= 0.3 is 0 Å².